The van der Waals surface area contributed by atoms with Gasteiger partial charge in [0.05, 0.1) is 7.11 Å². The molecule has 0 bridgehead atoms. The van der Waals surface area contributed by atoms with Crippen LogP contribution in [0.2, 0.25) is 0 Å². The van der Waals surface area contributed by atoms with Gasteiger partial charge in [0.25, 0.3) is 5.91 Å². The van der Waals surface area contributed by atoms with Gasteiger partial charge in [-0.15, -0.1) is 0 Å². The molecule has 0 N–H and O–H groups in total. The zero-order valence-electron chi connectivity index (χ0n) is 13.3. The van der Waals surface area contributed by atoms with Crippen LogP contribution in [0, 0.1) is 0 Å². The minimum atomic E-state index is -0.0366. The summed E-state index contributed by atoms with van der Waals surface area (Å²) in [5.41, 5.74) is 0.558. The van der Waals surface area contributed by atoms with Crippen LogP contribution in [0.1, 0.15) is 43.0 Å². The molecule has 1 aromatic rings. The molecule has 1 heterocycles. The number of ketones is 1. The van der Waals surface area contributed by atoms with Crippen LogP contribution >= 0.6 is 0 Å². The highest BCUT2D eigenvalue weighted by Crippen LogP contribution is 2.28. The first kappa shape index (κ1) is 16.3. The summed E-state index contributed by atoms with van der Waals surface area (Å²) in [5.74, 6) is 0.914. The van der Waals surface area contributed by atoms with Crippen molar-refractivity contribution < 1.29 is 19.1 Å². The van der Waals surface area contributed by atoms with Gasteiger partial charge >= 0.3 is 0 Å². The summed E-state index contributed by atoms with van der Waals surface area (Å²) in [6.45, 7) is 3.11. The van der Waals surface area contributed by atoms with Gasteiger partial charge in [0.1, 0.15) is 0 Å². The first-order chi connectivity index (χ1) is 10.6. The molecule has 1 aliphatic heterocycles. The van der Waals surface area contributed by atoms with E-state index in [0.717, 1.165) is 25.9 Å². The highest BCUT2D eigenvalue weighted by Gasteiger charge is 2.17. The molecule has 5 nitrogen and oxygen atoms in total. The number of methoxy groups -OCH3 is 1. The van der Waals surface area contributed by atoms with Crippen molar-refractivity contribution in [3.05, 3.63) is 23.8 Å². The van der Waals surface area contributed by atoms with E-state index in [2.05, 4.69) is 0 Å². The zero-order chi connectivity index (χ0) is 15.9. The smallest absolute Gasteiger partial charge is 0.260 e. The lowest BCUT2D eigenvalue weighted by Crippen LogP contribution is -2.35. The van der Waals surface area contributed by atoms with Gasteiger partial charge in [-0.25, -0.2) is 0 Å². The SMILES string of the molecule is COc1cc(C(C)=O)ccc1OCC(=O)N1CCCCCC1. The number of ether oxygens (including phenoxy) is 2. The normalized spacial score (nSPS) is 15.1. The summed E-state index contributed by atoms with van der Waals surface area (Å²) in [6, 6.07) is 4.98. The van der Waals surface area contributed by atoms with Crippen molar-refractivity contribution in [1.29, 1.82) is 0 Å². The van der Waals surface area contributed by atoms with Gasteiger partial charge < -0.3 is 14.4 Å². The number of carbonyl (C=O) groups is 2. The molecule has 0 atom stereocenters. The van der Waals surface area contributed by atoms with Crippen molar-refractivity contribution in [2.45, 2.75) is 32.6 Å². The average Bonchev–Trinajstić information content (AvgIpc) is 2.81. The first-order valence-electron chi connectivity index (χ1n) is 7.71. The Labute approximate surface area is 131 Å². The second kappa shape index (κ2) is 7.82. The van der Waals surface area contributed by atoms with Crippen LogP contribution in [0.3, 0.4) is 0 Å². The molecule has 1 saturated heterocycles. The monoisotopic (exact) mass is 305 g/mol. The number of nitrogens with zero attached hydrogens (tertiary/aromatic N) is 1. The lowest BCUT2D eigenvalue weighted by molar-refractivity contribution is -0.133. The molecular formula is C17H23NO4. The molecule has 0 unspecified atom stereocenters. The number of Topliss-reactive ketones (excluding diaryl/α,β-unsaturated/α-hetero) is 1. The lowest BCUT2D eigenvalue weighted by Gasteiger charge is -2.20. The molecule has 0 spiro atoms. The molecular weight excluding hydrogens is 282 g/mol. The molecule has 120 valence electrons. The number of hydrogen-bond acceptors (Lipinski definition) is 4. The number of likely N-dealkylation sites (tertiary alicyclic amines) is 1. The van der Waals surface area contributed by atoms with E-state index in [1.807, 2.05) is 4.90 Å². The maximum Gasteiger partial charge on any atom is 0.260 e. The maximum absolute atomic E-state index is 12.2. The van der Waals surface area contributed by atoms with Gasteiger partial charge in [-0.1, -0.05) is 12.8 Å². The highest BCUT2D eigenvalue weighted by molar-refractivity contribution is 5.94. The predicted molar refractivity (Wildman–Crippen MR) is 83.5 cm³/mol. The summed E-state index contributed by atoms with van der Waals surface area (Å²) in [4.78, 5) is 25.4. The van der Waals surface area contributed by atoms with Crippen molar-refractivity contribution in [1.82, 2.24) is 4.90 Å². The molecule has 0 saturated carbocycles. The number of carbonyl (C=O) groups excluding carboxylic acids is 2. The van der Waals surface area contributed by atoms with E-state index >= 15 is 0 Å². The lowest BCUT2D eigenvalue weighted by atomic mass is 10.1. The third-order valence-corrected chi connectivity index (χ3v) is 3.88. The van der Waals surface area contributed by atoms with Crippen LogP contribution in [-0.4, -0.2) is 43.4 Å². The van der Waals surface area contributed by atoms with Crippen LogP contribution in [0.5, 0.6) is 11.5 Å². The molecule has 0 aliphatic carbocycles. The minimum Gasteiger partial charge on any atom is -0.493 e. The maximum atomic E-state index is 12.2. The number of amides is 1. The van der Waals surface area contributed by atoms with Crippen LogP contribution in [0.15, 0.2) is 18.2 Å². The number of hydrogen-bond donors (Lipinski definition) is 0. The Bertz CT molecular complexity index is 533. The second-order valence-electron chi connectivity index (χ2n) is 5.51. The number of benzene rings is 1. The molecule has 1 aromatic carbocycles. The van der Waals surface area contributed by atoms with Gasteiger partial charge in [-0.05, 0) is 38.0 Å². The van der Waals surface area contributed by atoms with E-state index < -0.39 is 0 Å². The minimum absolute atomic E-state index is 0.000373. The van der Waals surface area contributed by atoms with Crippen LogP contribution in [0.25, 0.3) is 0 Å². The molecule has 5 heteroatoms. The summed E-state index contributed by atoms with van der Waals surface area (Å²) >= 11 is 0. The fraction of sp³-hybridized carbons (Fsp3) is 0.529. The van der Waals surface area contributed by atoms with Gasteiger partial charge in [0.2, 0.25) is 0 Å². The van der Waals surface area contributed by atoms with Crippen molar-refractivity contribution in [3.8, 4) is 11.5 Å². The van der Waals surface area contributed by atoms with Crippen LogP contribution in [-0.2, 0) is 4.79 Å². The Morgan fingerprint density at radius 2 is 1.77 bits per heavy atom. The molecule has 1 aliphatic rings. The van der Waals surface area contributed by atoms with Crippen molar-refractivity contribution >= 4 is 11.7 Å². The Morgan fingerprint density at radius 1 is 1.09 bits per heavy atom. The third-order valence-electron chi connectivity index (χ3n) is 3.88. The van der Waals surface area contributed by atoms with Gasteiger partial charge in [0.15, 0.2) is 23.9 Å². The van der Waals surface area contributed by atoms with E-state index in [0.29, 0.717) is 17.1 Å². The van der Waals surface area contributed by atoms with E-state index in [1.165, 1.54) is 26.9 Å². The summed E-state index contributed by atoms with van der Waals surface area (Å²) < 4.78 is 10.8. The van der Waals surface area contributed by atoms with Gasteiger partial charge in [-0.2, -0.15) is 0 Å². The molecule has 1 fully saturated rings. The Hall–Kier alpha value is -2.04. The standard InChI is InChI=1S/C17H23NO4/c1-13(19)14-7-8-15(16(11-14)21-2)22-12-17(20)18-9-5-3-4-6-10-18/h7-8,11H,3-6,9-10,12H2,1-2H3. The second-order valence-corrected chi connectivity index (χ2v) is 5.51. The molecule has 0 aromatic heterocycles. The highest BCUT2D eigenvalue weighted by atomic mass is 16.5. The molecule has 22 heavy (non-hydrogen) atoms. The topological polar surface area (TPSA) is 55.8 Å². The van der Waals surface area contributed by atoms with E-state index in [1.54, 1.807) is 18.2 Å². The van der Waals surface area contributed by atoms with Crippen LogP contribution in [0.4, 0.5) is 0 Å². The Morgan fingerprint density at radius 3 is 2.36 bits per heavy atom. The van der Waals surface area contributed by atoms with Crippen molar-refractivity contribution in [2.75, 3.05) is 26.8 Å². The van der Waals surface area contributed by atoms with Crippen molar-refractivity contribution in [2.24, 2.45) is 0 Å². The predicted octanol–water partition coefficient (Wildman–Crippen LogP) is 2.68. The summed E-state index contributed by atoms with van der Waals surface area (Å²) in [6.07, 6.45) is 4.49. The van der Waals surface area contributed by atoms with Crippen molar-refractivity contribution in [3.63, 3.8) is 0 Å². The van der Waals surface area contributed by atoms with Gasteiger partial charge in [-0.3, -0.25) is 9.59 Å². The quantitative estimate of drug-likeness (QED) is 0.785. The summed E-state index contributed by atoms with van der Waals surface area (Å²) in [7, 11) is 1.52. The zero-order valence-corrected chi connectivity index (χ0v) is 13.3. The van der Waals surface area contributed by atoms with Gasteiger partial charge in [0, 0.05) is 18.7 Å². The molecule has 1 amide bonds. The van der Waals surface area contributed by atoms with E-state index in [9.17, 15) is 9.59 Å². The van der Waals surface area contributed by atoms with E-state index in [-0.39, 0.29) is 18.3 Å². The third kappa shape index (κ3) is 4.23. The summed E-state index contributed by atoms with van der Waals surface area (Å²) in [5, 5.41) is 0. The Balaban J connectivity index is 1.98. The first-order valence-corrected chi connectivity index (χ1v) is 7.71. The van der Waals surface area contributed by atoms with Crippen LogP contribution < -0.4 is 9.47 Å². The fourth-order valence-corrected chi connectivity index (χ4v) is 2.56. The Kier molecular flexibility index (Phi) is 5.81. The molecule has 2 rings (SSSR count). The largest absolute Gasteiger partial charge is 0.493 e. The fourth-order valence-electron chi connectivity index (χ4n) is 2.56. The van der Waals surface area contributed by atoms with E-state index in [4.69, 9.17) is 9.47 Å². The molecule has 0 radical (unpaired) electrons. The average molecular weight is 305 g/mol. The number of rotatable bonds is 5.